The van der Waals surface area contributed by atoms with Gasteiger partial charge in [-0.25, -0.2) is 0 Å². The molecule has 118 valence electrons. The fourth-order valence-electron chi connectivity index (χ4n) is 4.08. The van der Waals surface area contributed by atoms with E-state index in [0.717, 1.165) is 45.3 Å². The minimum Gasteiger partial charge on any atom is -0.302 e. The molecule has 0 unspecified atom stereocenters. The number of Topliss-reactive ketones (excluding diaryl/α,β-unsaturated/α-hetero) is 1. The highest BCUT2D eigenvalue weighted by molar-refractivity contribution is 5.79. The summed E-state index contributed by atoms with van der Waals surface area (Å²) >= 11 is 0. The highest BCUT2D eigenvalue weighted by Gasteiger charge is 2.26. The molecule has 0 atom stereocenters. The lowest BCUT2D eigenvalue weighted by Gasteiger charge is -2.31. The zero-order chi connectivity index (χ0) is 15.6. The van der Waals surface area contributed by atoms with Gasteiger partial charge in [0, 0.05) is 38.4 Å². The van der Waals surface area contributed by atoms with Gasteiger partial charge in [0.05, 0.1) is 0 Å². The zero-order valence-corrected chi connectivity index (χ0v) is 13.5. The predicted octanol–water partition coefficient (Wildman–Crippen LogP) is 3.58. The summed E-state index contributed by atoms with van der Waals surface area (Å²) in [5.74, 6) is 0.848. The Bertz CT molecular complexity index is 664. The third kappa shape index (κ3) is 2.96. The van der Waals surface area contributed by atoms with Crippen molar-refractivity contribution in [3.05, 3.63) is 70.8 Å². The molecule has 2 aromatic carbocycles. The van der Waals surface area contributed by atoms with Crippen LogP contribution in [0.1, 0.15) is 41.0 Å². The number of benzene rings is 2. The third-order valence-corrected chi connectivity index (χ3v) is 5.38. The number of fused-ring (bicyclic) bond motifs is 2. The molecular formula is C21H23NO. The highest BCUT2D eigenvalue weighted by atomic mass is 16.1. The summed E-state index contributed by atoms with van der Waals surface area (Å²) < 4.78 is 0. The smallest absolute Gasteiger partial charge is 0.135 e. The molecule has 0 aromatic heterocycles. The van der Waals surface area contributed by atoms with Crippen LogP contribution in [0.2, 0.25) is 0 Å². The van der Waals surface area contributed by atoms with Gasteiger partial charge in [0.1, 0.15) is 5.78 Å². The van der Waals surface area contributed by atoms with Crippen molar-refractivity contribution >= 4 is 5.78 Å². The predicted molar refractivity (Wildman–Crippen MR) is 92.8 cm³/mol. The number of carbonyl (C=O) groups excluding carboxylic acids is 1. The van der Waals surface area contributed by atoms with Crippen LogP contribution < -0.4 is 0 Å². The number of hydrogen-bond donors (Lipinski definition) is 0. The topological polar surface area (TPSA) is 20.3 Å². The van der Waals surface area contributed by atoms with Crippen LogP contribution in [0.25, 0.3) is 0 Å². The summed E-state index contributed by atoms with van der Waals surface area (Å²) in [6.07, 6.45) is 3.69. The Labute approximate surface area is 138 Å². The average Bonchev–Trinajstić information content (AvgIpc) is 2.75. The van der Waals surface area contributed by atoms with Crippen LogP contribution >= 0.6 is 0 Å². The molecule has 1 heterocycles. The minimum atomic E-state index is 0.419. The maximum atomic E-state index is 11.5. The van der Waals surface area contributed by atoms with Crippen molar-refractivity contribution in [1.82, 2.24) is 4.90 Å². The van der Waals surface area contributed by atoms with Crippen LogP contribution in [-0.2, 0) is 17.6 Å². The molecule has 0 N–H and O–H groups in total. The largest absolute Gasteiger partial charge is 0.302 e. The summed E-state index contributed by atoms with van der Waals surface area (Å²) in [5.41, 5.74) is 5.94. The van der Waals surface area contributed by atoms with E-state index in [0.29, 0.717) is 11.7 Å². The molecule has 2 aliphatic rings. The summed E-state index contributed by atoms with van der Waals surface area (Å²) in [7, 11) is 0. The van der Waals surface area contributed by atoms with Crippen molar-refractivity contribution < 1.29 is 4.79 Å². The Morgan fingerprint density at radius 1 is 0.783 bits per heavy atom. The van der Waals surface area contributed by atoms with E-state index in [1.165, 1.54) is 22.3 Å². The van der Waals surface area contributed by atoms with E-state index in [2.05, 4.69) is 53.4 Å². The van der Waals surface area contributed by atoms with E-state index in [4.69, 9.17) is 0 Å². The molecule has 4 rings (SSSR count). The number of rotatable bonds is 2. The van der Waals surface area contributed by atoms with Crippen molar-refractivity contribution in [1.29, 1.82) is 0 Å². The fraction of sp³-hybridized carbons (Fsp3) is 0.381. The molecule has 1 saturated heterocycles. The standard InChI is InChI=1S/C21H23NO/c23-18-11-13-22(14-12-18)15-21-19-7-3-1-5-16(19)9-10-17-6-2-4-8-20(17)21/h1-8,21H,9-15H2. The molecule has 2 heteroatoms. The van der Waals surface area contributed by atoms with E-state index in [9.17, 15) is 4.79 Å². The van der Waals surface area contributed by atoms with Crippen molar-refractivity contribution in [2.45, 2.75) is 31.6 Å². The van der Waals surface area contributed by atoms with Crippen LogP contribution in [0, 0.1) is 0 Å². The quantitative estimate of drug-likeness (QED) is 0.845. The van der Waals surface area contributed by atoms with Gasteiger partial charge in [-0.2, -0.15) is 0 Å². The average molecular weight is 305 g/mol. The maximum Gasteiger partial charge on any atom is 0.135 e. The molecule has 1 aliphatic heterocycles. The molecule has 0 bridgehead atoms. The Hall–Kier alpha value is -1.93. The maximum absolute atomic E-state index is 11.5. The first-order valence-electron chi connectivity index (χ1n) is 8.71. The number of likely N-dealkylation sites (tertiary alicyclic amines) is 1. The first-order valence-corrected chi connectivity index (χ1v) is 8.71. The summed E-state index contributed by atoms with van der Waals surface area (Å²) in [4.78, 5) is 14.0. The number of ketones is 1. The van der Waals surface area contributed by atoms with Gasteiger partial charge in [-0.15, -0.1) is 0 Å². The molecule has 23 heavy (non-hydrogen) atoms. The lowest BCUT2D eigenvalue weighted by Crippen LogP contribution is -2.37. The summed E-state index contributed by atoms with van der Waals surface area (Å²) in [6, 6.07) is 17.8. The molecular weight excluding hydrogens is 282 g/mol. The molecule has 0 amide bonds. The van der Waals surface area contributed by atoms with Crippen molar-refractivity contribution in [2.24, 2.45) is 0 Å². The second-order valence-corrected chi connectivity index (χ2v) is 6.79. The van der Waals surface area contributed by atoms with Crippen molar-refractivity contribution in [3.8, 4) is 0 Å². The zero-order valence-electron chi connectivity index (χ0n) is 13.5. The Morgan fingerprint density at radius 2 is 1.30 bits per heavy atom. The number of nitrogens with zero attached hydrogens (tertiary/aromatic N) is 1. The van der Waals surface area contributed by atoms with E-state index in [1.54, 1.807) is 0 Å². The van der Waals surface area contributed by atoms with Gasteiger partial charge in [-0.1, -0.05) is 48.5 Å². The molecule has 0 saturated carbocycles. The van der Waals surface area contributed by atoms with Crippen LogP contribution in [0.5, 0.6) is 0 Å². The monoisotopic (exact) mass is 305 g/mol. The van der Waals surface area contributed by atoms with Gasteiger partial charge in [-0.05, 0) is 35.1 Å². The van der Waals surface area contributed by atoms with Gasteiger partial charge < -0.3 is 4.90 Å². The molecule has 0 radical (unpaired) electrons. The third-order valence-electron chi connectivity index (χ3n) is 5.38. The van der Waals surface area contributed by atoms with Crippen molar-refractivity contribution in [2.75, 3.05) is 19.6 Å². The lowest BCUT2D eigenvalue weighted by atomic mass is 9.87. The van der Waals surface area contributed by atoms with Gasteiger partial charge in [0.15, 0.2) is 0 Å². The summed E-state index contributed by atoms with van der Waals surface area (Å²) in [6.45, 7) is 2.86. The number of aryl methyl sites for hydroxylation is 2. The highest BCUT2D eigenvalue weighted by Crippen LogP contribution is 2.35. The molecule has 2 nitrogen and oxygen atoms in total. The van der Waals surface area contributed by atoms with E-state index < -0.39 is 0 Å². The SMILES string of the molecule is O=C1CCN(CC2c3ccccc3CCc3ccccc32)CC1. The molecule has 1 fully saturated rings. The van der Waals surface area contributed by atoms with E-state index in [-0.39, 0.29) is 0 Å². The number of carbonyl (C=O) groups is 1. The first kappa shape index (κ1) is 14.6. The van der Waals surface area contributed by atoms with Crippen LogP contribution in [-0.4, -0.2) is 30.3 Å². The second kappa shape index (κ2) is 6.29. The number of piperidine rings is 1. The Balaban J connectivity index is 1.70. The minimum absolute atomic E-state index is 0.419. The van der Waals surface area contributed by atoms with Crippen LogP contribution in [0.4, 0.5) is 0 Å². The fourth-order valence-corrected chi connectivity index (χ4v) is 4.08. The number of hydrogen-bond acceptors (Lipinski definition) is 2. The van der Waals surface area contributed by atoms with E-state index in [1.807, 2.05) is 0 Å². The van der Waals surface area contributed by atoms with Gasteiger partial charge >= 0.3 is 0 Å². The van der Waals surface area contributed by atoms with Gasteiger partial charge in [0.25, 0.3) is 0 Å². The van der Waals surface area contributed by atoms with Crippen LogP contribution in [0.3, 0.4) is 0 Å². The normalized spacial score (nSPS) is 19.0. The Kier molecular flexibility index (Phi) is 4.00. The first-order chi connectivity index (χ1) is 11.3. The Morgan fingerprint density at radius 3 is 1.87 bits per heavy atom. The van der Waals surface area contributed by atoms with Gasteiger partial charge in [0.2, 0.25) is 0 Å². The van der Waals surface area contributed by atoms with Gasteiger partial charge in [-0.3, -0.25) is 4.79 Å². The van der Waals surface area contributed by atoms with Crippen LogP contribution in [0.15, 0.2) is 48.5 Å². The molecule has 1 aliphatic carbocycles. The second-order valence-electron chi connectivity index (χ2n) is 6.79. The summed E-state index contributed by atoms with van der Waals surface area (Å²) in [5, 5.41) is 0. The molecule has 0 spiro atoms. The van der Waals surface area contributed by atoms with Crippen molar-refractivity contribution in [3.63, 3.8) is 0 Å². The van der Waals surface area contributed by atoms with E-state index >= 15 is 0 Å². The lowest BCUT2D eigenvalue weighted by molar-refractivity contribution is -0.121. The molecule has 2 aromatic rings.